The molecule has 0 saturated carbocycles. The molecule has 0 aliphatic carbocycles. The van der Waals surface area contributed by atoms with Crippen molar-refractivity contribution in [3.05, 3.63) is 81.7 Å². The van der Waals surface area contributed by atoms with Crippen molar-refractivity contribution in [2.24, 2.45) is 0 Å². The molecule has 36 heavy (non-hydrogen) atoms. The number of pyridine rings is 1. The molecule has 0 spiro atoms. The Kier molecular flexibility index (Phi) is 5.53. The minimum Gasteiger partial charge on any atom is -0.464 e. The van der Waals surface area contributed by atoms with Crippen LogP contribution in [0.15, 0.2) is 52.3 Å². The number of halogens is 4. The van der Waals surface area contributed by atoms with Crippen LogP contribution in [0.5, 0.6) is 0 Å². The molecule has 0 bridgehead atoms. The summed E-state index contributed by atoms with van der Waals surface area (Å²) in [5.41, 5.74) is -0.222. The Labute approximate surface area is 202 Å². The van der Waals surface area contributed by atoms with Crippen LogP contribution in [0.4, 0.5) is 17.6 Å². The molecule has 0 N–H and O–H groups in total. The highest BCUT2D eigenvalue weighted by molar-refractivity contribution is 5.94. The molecular formula is C25H22F4N4O3. The Morgan fingerprint density at radius 2 is 1.94 bits per heavy atom. The highest BCUT2D eigenvalue weighted by Gasteiger charge is 2.37. The van der Waals surface area contributed by atoms with E-state index in [2.05, 4.69) is 4.98 Å². The topological polar surface area (TPSA) is 73.3 Å². The van der Waals surface area contributed by atoms with Gasteiger partial charge in [-0.05, 0) is 45.4 Å². The van der Waals surface area contributed by atoms with Gasteiger partial charge in [-0.15, -0.1) is 0 Å². The van der Waals surface area contributed by atoms with Crippen LogP contribution in [0.3, 0.4) is 0 Å². The van der Waals surface area contributed by atoms with Crippen LogP contribution >= 0.6 is 0 Å². The van der Waals surface area contributed by atoms with Crippen LogP contribution in [-0.2, 0) is 12.7 Å². The fourth-order valence-corrected chi connectivity index (χ4v) is 4.83. The molecule has 0 fully saturated rings. The minimum atomic E-state index is -4.88. The number of imidazole rings is 1. The summed E-state index contributed by atoms with van der Waals surface area (Å²) in [6, 6.07) is 3.48. The van der Waals surface area contributed by atoms with Crippen molar-refractivity contribution >= 4 is 16.9 Å². The molecule has 1 amide bonds. The van der Waals surface area contributed by atoms with E-state index >= 15 is 0 Å². The number of aryl methyl sites for hydroxylation is 1. The monoisotopic (exact) mass is 502 g/mol. The first-order valence-electron chi connectivity index (χ1n) is 11.3. The zero-order chi connectivity index (χ0) is 25.9. The summed E-state index contributed by atoms with van der Waals surface area (Å²) in [5.74, 6) is -1.87. The second kappa shape index (κ2) is 8.35. The summed E-state index contributed by atoms with van der Waals surface area (Å²) < 4.78 is 62.4. The molecule has 0 saturated heterocycles. The normalized spacial score (nSPS) is 17.4. The fraction of sp³-hybridized carbons (Fsp3) is 0.320. The number of hydrogen-bond acceptors (Lipinski definition) is 4. The Morgan fingerprint density at radius 1 is 1.19 bits per heavy atom. The average molecular weight is 502 g/mol. The second-order valence-corrected chi connectivity index (χ2v) is 9.03. The van der Waals surface area contributed by atoms with E-state index in [9.17, 15) is 27.2 Å². The molecule has 3 aromatic heterocycles. The van der Waals surface area contributed by atoms with E-state index in [4.69, 9.17) is 4.42 Å². The Morgan fingerprint density at radius 3 is 2.61 bits per heavy atom. The number of hydrogen-bond donors (Lipinski definition) is 0. The summed E-state index contributed by atoms with van der Waals surface area (Å²) in [4.78, 5) is 32.6. The van der Waals surface area contributed by atoms with Crippen molar-refractivity contribution in [3.8, 4) is 5.69 Å². The number of nitrogens with zero attached hydrogens (tertiary/aromatic N) is 4. The molecule has 2 atom stereocenters. The van der Waals surface area contributed by atoms with Crippen LogP contribution in [-0.4, -0.2) is 31.0 Å². The van der Waals surface area contributed by atoms with Gasteiger partial charge in [0.05, 0.1) is 29.9 Å². The van der Waals surface area contributed by atoms with Gasteiger partial charge in [-0.3, -0.25) is 9.59 Å². The summed E-state index contributed by atoms with van der Waals surface area (Å²) in [7, 11) is 0. The second-order valence-electron chi connectivity index (χ2n) is 9.03. The predicted octanol–water partition coefficient (Wildman–Crippen LogP) is 5.24. The molecule has 2 unspecified atom stereocenters. The van der Waals surface area contributed by atoms with Crippen molar-refractivity contribution in [2.45, 2.75) is 52.0 Å². The molecule has 5 rings (SSSR count). The number of carbonyl (C=O) groups is 1. The minimum absolute atomic E-state index is 0.0471. The van der Waals surface area contributed by atoms with Crippen LogP contribution < -0.4 is 5.56 Å². The summed E-state index contributed by atoms with van der Waals surface area (Å²) in [6.45, 7) is 5.56. The molecule has 0 radical (unpaired) electrons. The molecule has 1 aliphatic heterocycles. The molecule has 7 nitrogen and oxygen atoms in total. The summed E-state index contributed by atoms with van der Waals surface area (Å²) in [6.07, 6.45) is 0.0379. The standard InChI is InChI=1S/C25H22F4N4O3/c1-13-10-31(12-30-13)20-4-5-21-24(35)33(14(2)6-7-32(21)23(20)34)15(3)17-11-36-22-9-19(26)18(8-16(17)22)25(27,28)29/h4-5,8-12,14-15H,6-7H2,1-3H3. The van der Waals surface area contributed by atoms with E-state index in [1.165, 1.54) is 22.1 Å². The fourth-order valence-electron chi connectivity index (χ4n) is 4.83. The first-order valence-corrected chi connectivity index (χ1v) is 11.3. The molecule has 4 aromatic rings. The van der Waals surface area contributed by atoms with Crippen LogP contribution in [0.2, 0.25) is 0 Å². The first kappa shape index (κ1) is 23.8. The highest BCUT2D eigenvalue weighted by atomic mass is 19.4. The number of aromatic nitrogens is 3. The zero-order valence-electron chi connectivity index (χ0n) is 19.6. The molecule has 1 aromatic carbocycles. The van der Waals surface area contributed by atoms with E-state index in [0.29, 0.717) is 29.8 Å². The molecule has 1 aliphatic rings. The number of amides is 1. The highest BCUT2D eigenvalue weighted by Crippen LogP contribution is 2.38. The smallest absolute Gasteiger partial charge is 0.419 e. The van der Waals surface area contributed by atoms with Gasteiger partial charge in [0.25, 0.3) is 11.5 Å². The number of fused-ring (bicyclic) bond motifs is 2. The molecule has 4 heterocycles. The summed E-state index contributed by atoms with van der Waals surface area (Å²) >= 11 is 0. The molecular weight excluding hydrogens is 480 g/mol. The van der Waals surface area contributed by atoms with Gasteiger partial charge in [0.2, 0.25) is 0 Å². The first-order chi connectivity index (χ1) is 17.0. The van der Waals surface area contributed by atoms with Gasteiger partial charge in [-0.1, -0.05) is 0 Å². The maximum Gasteiger partial charge on any atom is 0.419 e. The van der Waals surface area contributed by atoms with E-state index in [1.807, 2.05) is 6.92 Å². The van der Waals surface area contributed by atoms with Crippen LogP contribution in [0.1, 0.15) is 53.6 Å². The van der Waals surface area contributed by atoms with E-state index in [1.54, 1.807) is 36.7 Å². The third-order valence-corrected chi connectivity index (χ3v) is 6.71. The van der Waals surface area contributed by atoms with E-state index in [0.717, 1.165) is 5.69 Å². The van der Waals surface area contributed by atoms with Crippen molar-refractivity contribution in [1.82, 2.24) is 19.0 Å². The van der Waals surface area contributed by atoms with Crippen molar-refractivity contribution in [2.75, 3.05) is 0 Å². The van der Waals surface area contributed by atoms with E-state index in [-0.39, 0.29) is 34.8 Å². The third-order valence-electron chi connectivity index (χ3n) is 6.71. The Hall–Kier alpha value is -3.89. The van der Waals surface area contributed by atoms with Crippen LogP contribution in [0.25, 0.3) is 16.7 Å². The van der Waals surface area contributed by atoms with Gasteiger partial charge in [-0.2, -0.15) is 13.2 Å². The number of rotatable bonds is 3. The quantitative estimate of drug-likeness (QED) is 0.359. The lowest BCUT2D eigenvalue weighted by Gasteiger charge is -2.33. The van der Waals surface area contributed by atoms with Crippen molar-refractivity contribution in [3.63, 3.8) is 0 Å². The van der Waals surface area contributed by atoms with Gasteiger partial charge in [-0.25, -0.2) is 9.37 Å². The lowest BCUT2D eigenvalue weighted by Crippen LogP contribution is -2.40. The Balaban J connectivity index is 1.57. The largest absolute Gasteiger partial charge is 0.464 e. The number of furan rings is 1. The molecule has 11 heteroatoms. The third kappa shape index (κ3) is 3.78. The maximum atomic E-state index is 14.0. The van der Waals surface area contributed by atoms with Gasteiger partial charge in [0, 0.05) is 35.8 Å². The predicted molar refractivity (Wildman–Crippen MR) is 122 cm³/mol. The van der Waals surface area contributed by atoms with Crippen LogP contribution in [0, 0.1) is 12.7 Å². The lowest BCUT2D eigenvalue weighted by atomic mass is 10.0. The van der Waals surface area contributed by atoms with E-state index < -0.39 is 29.5 Å². The number of carbonyl (C=O) groups excluding carboxylic acids is 1. The summed E-state index contributed by atoms with van der Waals surface area (Å²) in [5, 5.41) is 0.0729. The van der Waals surface area contributed by atoms with Gasteiger partial charge in [0.1, 0.15) is 22.8 Å². The Bertz CT molecular complexity index is 1550. The van der Waals surface area contributed by atoms with Gasteiger partial charge >= 0.3 is 6.18 Å². The van der Waals surface area contributed by atoms with Gasteiger partial charge < -0.3 is 18.5 Å². The molecule has 188 valence electrons. The number of benzene rings is 1. The SMILES string of the molecule is Cc1cn(-c2ccc3n(c2=O)CCC(C)N(C(C)c2coc4cc(F)c(C(F)(F)F)cc24)C3=O)cn1. The maximum absolute atomic E-state index is 14.0. The number of alkyl halides is 3. The van der Waals surface area contributed by atoms with Crippen molar-refractivity contribution in [1.29, 1.82) is 0 Å². The van der Waals surface area contributed by atoms with Crippen molar-refractivity contribution < 1.29 is 26.8 Å². The zero-order valence-corrected chi connectivity index (χ0v) is 19.6. The average Bonchev–Trinajstić information content (AvgIpc) is 3.39. The lowest BCUT2D eigenvalue weighted by molar-refractivity contribution is -0.139. The van der Waals surface area contributed by atoms with Gasteiger partial charge in [0.15, 0.2) is 0 Å².